The second-order valence-corrected chi connectivity index (χ2v) is 4.43. The Morgan fingerprint density at radius 3 is 2.50 bits per heavy atom. The summed E-state index contributed by atoms with van der Waals surface area (Å²) < 4.78 is 10.7. The topological polar surface area (TPSA) is 44.5 Å². The van der Waals surface area contributed by atoms with Gasteiger partial charge in [-0.05, 0) is 6.07 Å². The first-order valence-corrected chi connectivity index (χ1v) is 5.53. The van der Waals surface area contributed by atoms with Gasteiger partial charge in [0.2, 0.25) is 0 Å². The van der Waals surface area contributed by atoms with Crippen LogP contribution >= 0.6 is 0 Å². The smallest absolute Gasteiger partial charge is 0.123 e. The van der Waals surface area contributed by atoms with Gasteiger partial charge in [-0.1, -0.05) is 32.0 Å². The molecular weight excluding hydrogens is 202 g/mol. The monoisotopic (exact) mass is 223 g/mol. The van der Waals surface area contributed by atoms with Gasteiger partial charge >= 0.3 is 0 Å². The van der Waals surface area contributed by atoms with Gasteiger partial charge in [0.1, 0.15) is 12.4 Å². The summed E-state index contributed by atoms with van der Waals surface area (Å²) in [5.74, 6) is 0.898. The van der Waals surface area contributed by atoms with Crippen molar-refractivity contribution in [3.05, 3.63) is 29.8 Å². The van der Waals surface area contributed by atoms with Gasteiger partial charge in [0, 0.05) is 24.6 Å². The molecule has 0 fully saturated rings. The molecule has 0 saturated carbocycles. The summed E-state index contributed by atoms with van der Waals surface area (Å²) in [6, 6.07) is 8.02. The van der Waals surface area contributed by atoms with E-state index in [-0.39, 0.29) is 5.41 Å². The number of hydrogen-bond acceptors (Lipinski definition) is 3. The fourth-order valence-corrected chi connectivity index (χ4v) is 1.50. The molecule has 0 amide bonds. The molecule has 0 unspecified atom stereocenters. The Morgan fingerprint density at radius 2 is 1.88 bits per heavy atom. The molecule has 1 rings (SSSR count). The molecular formula is C13H21NO2. The lowest BCUT2D eigenvalue weighted by atomic mass is 9.84. The van der Waals surface area contributed by atoms with Crippen molar-refractivity contribution in [3.8, 4) is 5.75 Å². The van der Waals surface area contributed by atoms with Crippen LogP contribution in [0.15, 0.2) is 24.3 Å². The highest BCUT2D eigenvalue weighted by molar-refractivity contribution is 5.39. The van der Waals surface area contributed by atoms with E-state index in [1.54, 1.807) is 7.11 Å². The number of benzene rings is 1. The standard InChI is InChI=1S/C13H21NO2/c1-13(2,10-14)11-6-4-5-7-12(11)16-9-8-15-3/h4-7H,8-10,14H2,1-3H3. The molecule has 0 aliphatic rings. The van der Waals surface area contributed by atoms with Crippen molar-refractivity contribution in [2.45, 2.75) is 19.3 Å². The third-order valence-corrected chi connectivity index (χ3v) is 2.67. The number of para-hydroxylation sites is 1. The average Bonchev–Trinajstić information content (AvgIpc) is 2.30. The van der Waals surface area contributed by atoms with Crippen molar-refractivity contribution in [2.24, 2.45) is 5.73 Å². The second-order valence-electron chi connectivity index (χ2n) is 4.43. The largest absolute Gasteiger partial charge is 0.491 e. The van der Waals surface area contributed by atoms with Crippen molar-refractivity contribution in [3.63, 3.8) is 0 Å². The van der Waals surface area contributed by atoms with E-state index in [1.165, 1.54) is 0 Å². The summed E-state index contributed by atoms with van der Waals surface area (Å²) in [5.41, 5.74) is 6.86. The summed E-state index contributed by atoms with van der Waals surface area (Å²) in [6.07, 6.45) is 0. The summed E-state index contributed by atoms with van der Waals surface area (Å²) in [5, 5.41) is 0. The van der Waals surface area contributed by atoms with Gasteiger partial charge < -0.3 is 15.2 Å². The number of hydrogen-bond donors (Lipinski definition) is 1. The van der Waals surface area contributed by atoms with Gasteiger partial charge in [0.15, 0.2) is 0 Å². The lowest BCUT2D eigenvalue weighted by Gasteiger charge is -2.25. The molecule has 0 heterocycles. The van der Waals surface area contributed by atoms with Crippen molar-refractivity contribution in [1.82, 2.24) is 0 Å². The van der Waals surface area contributed by atoms with Crippen LogP contribution in [0.5, 0.6) is 5.75 Å². The molecule has 0 atom stereocenters. The maximum absolute atomic E-state index is 5.78. The Hall–Kier alpha value is -1.06. The summed E-state index contributed by atoms with van der Waals surface area (Å²) in [7, 11) is 1.67. The van der Waals surface area contributed by atoms with Crippen LogP contribution in [-0.4, -0.2) is 26.9 Å². The van der Waals surface area contributed by atoms with Crippen molar-refractivity contribution >= 4 is 0 Å². The van der Waals surface area contributed by atoms with E-state index in [0.29, 0.717) is 19.8 Å². The normalized spacial score (nSPS) is 11.5. The first-order chi connectivity index (χ1) is 7.61. The van der Waals surface area contributed by atoms with Gasteiger partial charge in [0.05, 0.1) is 6.61 Å². The number of nitrogens with two attached hydrogens (primary N) is 1. The zero-order chi connectivity index (χ0) is 12.0. The van der Waals surface area contributed by atoms with Crippen LogP contribution in [0.25, 0.3) is 0 Å². The molecule has 1 aromatic carbocycles. The number of rotatable bonds is 6. The average molecular weight is 223 g/mol. The number of methoxy groups -OCH3 is 1. The third-order valence-electron chi connectivity index (χ3n) is 2.67. The molecule has 3 nitrogen and oxygen atoms in total. The zero-order valence-electron chi connectivity index (χ0n) is 10.3. The first-order valence-electron chi connectivity index (χ1n) is 5.53. The van der Waals surface area contributed by atoms with Crippen LogP contribution in [0.2, 0.25) is 0 Å². The van der Waals surface area contributed by atoms with Crippen LogP contribution < -0.4 is 10.5 Å². The van der Waals surface area contributed by atoms with Crippen LogP contribution in [0.4, 0.5) is 0 Å². The van der Waals surface area contributed by atoms with Gasteiger partial charge in [-0.2, -0.15) is 0 Å². The minimum Gasteiger partial charge on any atom is -0.491 e. The molecule has 3 heteroatoms. The molecule has 0 aromatic heterocycles. The van der Waals surface area contributed by atoms with E-state index in [4.69, 9.17) is 15.2 Å². The van der Waals surface area contributed by atoms with E-state index in [1.807, 2.05) is 18.2 Å². The Kier molecular flexibility index (Phi) is 4.77. The van der Waals surface area contributed by atoms with Crippen molar-refractivity contribution in [2.75, 3.05) is 26.9 Å². The molecule has 0 spiro atoms. The van der Waals surface area contributed by atoms with E-state index in [9.17, 15) is 0 Å². The quantitative estimate of drug-likeness (QED) is 0.750. The molecule has 90 valence electrons. The molecule has 0 radical (unpaired) electrons. The maximum Gasteiger partial charge on any atom is 0.123 e. The van der Waals surface area contributed by atoms with Gasteiger partial charge in [-0.25, -0.2) is 0 Å². The Morgan fingerprint density at radius 1 is 1.19 bits per heavy atom. The highest BCUT2D eigenvalue weighted by atomic mass is 16.5. The Balaban J connectivity index is 2.83. The van der Waals surface area contributed by atoms with Gasteiger partial charge in [0.25, 0.3) is 0 Å². The highest BCUT2D eigenvalue weighted by Gasteiger charge is 2.22. The SMILES string of the molecule is COCCOc1ccccc1C(C)(C)CN. The molecule has 16 heavy (non-hydrogen) atoms. The summed E-state index contributed by atoms with van der Waals surface area (Å²) in [4.78, 5) is 0. The third kappa shape index (κ3) is 3.22. The van der Waals surface area contributed by atoms with Crippen molar-refractivity contribution < 1.29 is 9.47 Å². The van der Waals surface area contributed by atoms with Gasteiger partial charge in [-0.15, -0.1) is 0 Å². The predicted octanol–water partition coefficient (Wildman–Crippen LogP) is 1.95. The van der Waals surface area contributed by atoms with E-state index >= 15 is 0 Å². The summed E-state index contributed by atoms with van der Waals surface area (Å²) >= 11 is 0. The lowest BCUT2D eigenvalue weighted by molar-refractivity contribution is 0.145. The van der Waals surface area contributed by atoms with Crippen LogP contribution in [0.1, 0.15) is 19.4 Å². The molecule has 2 N–H and O–H groups in total. The minimum atomic E-state index is -0.0658. The van der Waals surface area contributed by atoms with E-state index < -0.39 is 0 Å². The Labute approximate surface area is 97.6 Å². The molecule has 0 saturated heterocycles. The molecule has 0 aliphatic heterocycles. The van der Waals surface area contributed by atoms with Crippen LogP contribution in [0.3, 0.4) is 0 Å². The van der Waals surface area contributed by atoms with Crippen LogP contribution in [0, 0.1) is 0 Å². The predicted molar refractivity (Wildman–Crippen MR) is 65.9 cm³/mol. The van der Waals surface area contributed by atoms with E-state index in [2.05, 4.69) is 19.9 Å². The maximum atomic E-state index is 5.78. The molecule has 0 aliphatic carbocycles. The fourth-order valence-electron chi connectivity index (χ4n) is 1.50. The van der Waals surface area contributed by atoms with Gasteiger partial charge in [-0.3, -0.25) is 0 Å². The van der Waals surface area contributed by atoms with Crippen molar-refractivity contribution in [1.29, 1.82) is 0 Å². The second kappa shape index (κ2) is 5.87. The first kappa shape index (κ1) is 13.0. The highest BCUT2D eigenvalue weighted by Crippen LogP contribution is 2.30. The van der Waals surface area contributed by atoms with E-state index in [0.717, 1.165) is 11.3 Å². The molecule has 1 aromatic rings. The zero-order valence-corrected chi connectivity index (χ0v) is 10.3. The summed E-state index contributed by atoms with van der Waals surface area (Å²) in [6.45, 7) is 5.99. The lowest BCUT2D eigenvalue weighted by Crippen LogP contribution is -2.28. The Bertz CT molecular complexity index is 323. The molecule has 0 bridgehead atoms. The van der Waals surface area contributed by atoms with Crippen LogP contribution in [-0.2, 0) is 10.2 Å². The minimum absolute atomic E-state index is 0.0658. The number of ether oxygens (including phenoxy) is 2. The fraction of sp³-hybridized carbons (Fsp3) is 0.538.